The Balaban J connectivity index is 1.98. The minimum absolute atomic E-state index is 0.0123. The van der Waals surface area contributed by atoms with Crippen LogP contribution in [0.5, 0.6) is 0 Å². The average Bonchev–Trinajstić information content (AvgIpc) is 3.20. The van der Waals surface area contributed by atoms with Crippen molar-refractivity contribution in [3.05, 3.63) is 34.8 Å². The second kappa shape index (κ2) is 7.25. The van der Waals surface area contributed by atoms with Crippen LogP contribution in [0, 0.1) is 12.8 Å². The molecule has 3 rings (SSSR count). The van der Waals surface area contributed by atoms with Crippen molar-refractivity contribution in [1.82, 2.24) is 20.1 Å². The summed E-state index contributed by atoms with van der Waals surface area (Å²) in [6, 6.07) is 5.67. The summed E-state index contributed by atoms with van der Waals surface area (Å²) in [5.74, 6) is -1.27. The summed E-state index contributed by atoms with van der Waals surface area (Å²) in [6.07, 6.45) is 0.0123. The molecule has 0 spiro atoms. The zero-order valence-corrected chi connectivity index (χ0v) is 15.6. The van der Waals surface area contributed by atoms with Crippen molar-refractivity contribution >= 4 is 34.2 Å². The Labute approximate surface area is 154 Å². The van der Waals surface area contributed by atoms with E-state index in [9.17, 15) is 9.59 Å². The van der Waals surface area contributed by atoms with Crippen molar-refractivity contribution < 1.29 is 14.7 Å². The van der Waals surface area contributed by atoms with E-state index in [1.165, 1.54) is 0 Å². The molecule has 136 valence electrons. The third kappa shape index (κ3) is 3.60. The van der Waals surface area contributed by atoms with E-state index < -0.39 is 5.97 Å². The highest BCUT2D eigenvalue weighted by atomic mass is 32.1. The number of hydrogen-bond acceptors (Lipinski definition) is 5. The minimum Gasteiger partial charge on any atom is -0.481 e. The molecule has 1 amide bonds. The molecule has 7 nitrogen and oxygen atoms in total. The number of thiophene rings is 1. The molecule has 1 unspecified atom stereocenters. The molecule has 0 saturated carbocycles. The SMILES string of the molecule is Cc1nn(C)c2nc(-c3cccs3)cc(C(=O)NCC(C)CC(=O)O)c12. The maximum absolute atomic E-state index is 12.8. The van der Waals surface area contributed by atoms with E-state index in [1.807, 2.05) is 24.4 Å². The lowest BCUT2D eigenvalue weighted by Crippen LogP contribution is -2.29. The van der Waals surface area contributed by atoms with Gasteiger partial charge in [-0.05, 0) is 30.4 Å². The van der Waals surface area contributed by atoms with E-state index in [0.717, 1.165) is 21.7 Å². The number of carbonyl (C=O) groups excluding carboxylic acids is 1. The van der Waals surface area contributed by atoms with Crippen LogP contribution in [0.2, 0.25) is 0 Å². The van der Waals surface area contributed by atoms with Gasteiger partial charge in [0.05, 0.1) is 27.2 Å². The highest BCUT2D eigenvalue weighted by Crippen LogP contribution is 2.29. The quantitative estimate of drug-likeness (QED) is 0.693. The molecule has 0 aliphatic rings. The standard InChI is InChI=1S/C18H20N4O3S/c1-10(7-15(23)24)9-19-18(25)12-8-13(14-5-4-6-26-14)20-17-16(12)11(2)21-22(17)3/h4-6,8,10H,7,9H2,1-3H3,(H,19,25)(H,23,24). The fraction of sp³-hybridized carbons (Fsp3) is 0.333. The second-order valence-electron chi connectivity index (χ2n) is 6.35. The van der Waals surface area contributed by atoms with Crippen LogP contribution < -0.4 is 5.32 Å². The lowest BCUT2D eigenvalue weighted by Gasteiger charge is -2.12. The second-order valence-corrected chi connectivity index (χ2v) is 7.30. The van der Waals surface area contributed by atoms with Crippen LogP contribution >= 0.6 is 11.3 Å². The monoisotopic (exact) mass is 372 g/mol. The predicted octanol–water partition coefficient (Wildman–Crippen LogP) is 2.85. The number of aliphatic carboxylic acids is 1. The molecular formula is C18H20N4O3S. The Morgan fingerprint density at radius 3 is 2.85 bits per heavy atom. The van der Waals surface area contributed by atoms with Gasteiger partial charge in [0.15, 0.2) is 5.65 Å². The molecule has 3 aromatic rings. The highest BCUT2D eigenvalue weighted by molar-refractivity contribution is 7.13. The molecular weight excluding hydrogens is 352 g/mol. The zero-order chi connectivity index (χ0) is 18.8. The highest BCUT2D eigenvalue weighted by Gasteiger charge is 2.20. The lowest BCUT2D eigenvalue weighted by molar-refractivity contribution is -0.137. The van der Waals surface area contributed by atoms with Crippen molar-refractivity contribution in [1.29, 1.82) is 0 Å². The number of carboxylic acid groups (broad SMARTS) is 1. The van der Waals surface area contributed by atoms with Gasteiger partial charge in [-0.2, -0.15) is 5.10 Å². The number of hydrogen-bond donors (Lipinski definition) is 2. The van der Waals surface area contributed by atoms with Crippen LogP contribution in [0.1, 0.15) is 29.4 Å². The zero-order valence-electron chi connectivity index (χ0n) is 14.8. The first-order chi connectivity index (χ1) is 12.4. The molecule has 0 aliphatic carbocycles. The number of carbonyl (C=O) groups is 2. The maximum Gasteiger partial charge on any atom is 0.303 e. The summed E-state index contributed by atoms with van der Waals surface area (Å²) in [4.78, 5) is 29.2. The molecule has 0 aliphatic heterocycles. The normalized spacial score (nSPS) is 12.3. The topological polar surface area (TPSA) is 97.1 Å². The summed E-state index contributed by atoms with van der Waals surface area (Å²) in [6.45, 7) is 3.93. The number of rotatable bonds is 6. The smallest absolute Gasteiger partial charge is 0.303 e. The van der Waals surface area contributed by atoms with Gasteiger partial charge >= 0.3 is 5.97 Å². The van der Waals surface area contributed by atoms with Gasteiger partial charge < -0.3 is 10.4 Å². The summed E-state index contributed by atoms with van der Waals surface area (Å²) in [5, 5.41) is 18.8. The molecule has 8 heteroatoms. The van der Waals surface area contributed by atoms with Gasteiger partial charge in [-0.1, -0.05) is 13.0 Å². The molecule has 0 fully saturated rings. The Morgan fingerprint density at radius 1 is 1.42 bits per heavy atom. The molecule has 0 radical (unpaired) electrons. The van der Waals surface area contributed by atoms with E-state index in [2.05, 4.69) is 15.4 Å². The predicted molar refractivity (Wildman–Crippen MR) is 100 cm³/mol. The molecule has 3 aromatic heterocycles. The number of amides is 1. The fourth-order valence-electron chi connectivity index (χ4n) is 2.91. The van der Waals surface area contributed by atoms with Crippen molar-refractivity contribution in [3.63, 3.8) is 0 Å². The largest absolute Gasteiger partial charge is 0.481 e. The first kappa shape index (κ1) is 18.1. The number of aromatic nitrogens is 3. The summed E-state index contributed by atoms with van der Waals surface area (Å²) in [5.41, 5.74) is 2.61. The Kier molecular flexibility index (Phi) is 5.03. The average molecular weight is 372 g/mol. The first-order valence-corrected chi connectivity index (χ1v) is 9.13. The molecule has 0 saturated heterocycles. The van der Waals surface area contributed by atoms with Crippen molar-refractivity contribution in [3.8, 4) is 10.6 Å². The molecule has 0 aromatic carbocycles. The number of aryl methyl sites for hydroxylation is 2. The molecule has 2 N–H and O–H groups in total. The van der Waals surface area contributed by atoms with Gasteiger partial charge in [0.2, 0.25) is 0 Å². The van der Waals surface area contributed by atoms with Gasteiger partial charge in [0, 0.05) is 20.0 Å². The van der Waals surface area contributed by atoms with Gasteiger partial charge in [0.1, 0.15) is 0 Å². The van der Waals surface area contributed by atoms with Crippen LogP contribution in [0.25, 0.3) is 21.6 Å². The Hall–Kier alpha value is -2.74. The lowest BCUT2D eigenvalue weighted by atomic mass is 10.1. The maximum atomic E-state index is 12.8. The number of fused-ring (bicyclic) bond motifs is 1. The molecule has 1 atom stereocenters. The van der Waals surface area contributed by atoms with Crippen molar-refractivity contribution in [2.75, 3.05) is 6.54 Å². The first-order valence-electron chi connectivity index (χ1n) is 8.25. The van der Waals surface area contributed by atoms with E-state index in [4.69, 9.17) is 5.11 Å². The minimum atomic E-state index is -0.874. The number of nitrogens with one attached hydrogen (secondary N) is 1. The summed E-state index contributed by atoms with van der Waals surface area (Å²) < 4.78 is 1.67. The van der Waals surface area contributed by atoms with Gasteiger partial charge in [-0.25, -0.2) is 4.98 Å². The van der Waals surface area contributed by atoms with E-state index >= 15 is 0 Å². The van der Waals surface area contributed by atoms with Gasteiger partial charge in [0.25, 0.3) is 5.91 Å². The number of nitrogens with zero attached hydrogens (tertiary/aromatic N) is 3. The van der Waals surface area contributed by atoms with Crippen LogP contribution in [0.4, 0.5) is 0 Å². The van der Waals surface area contributed by atoms with Crippen LogP contribution in [-0.2, 0) is 11.8 Å². The Morgan fingerprint density at radius 2 is 2.19 bits per heavy atom. The number of pyridine rings is 1. The van der Waals surface area contributed by atoms with Crippen molar-refractivity contribution in [2.24, 2.45) is 13.0 Å². The summed E-state index contributed by atoms with van der Waals surface area (Å²) >= 11 is 1.55. The van der Waals surface area contributed by atoms with Crippen LogP contribution in [0.3, 0.4) is 0 Å². The van der Waals surface area contributed by atoms with Crippen molar-refractivity contribution in [2.45, 2.75) is 20.3 Å². The fourth-order valence-corrected chi connectivity index (χ4v) is 3.59. The summed E-state index contributed by atoms with van der Waals surface area (Å²) in [7, 11) is 1.80. The molecule has 26 heavy (non-hydrogen) atoms. The van der Waals surface area contributed by atoms with E-state index in [0.29, 0.717) is 17.8 Å². The van der Waals surface area contributed by atoms with Crippen LogP contribution in [0.15, 0.2) is 23.6 Å². The van der Waals surface area contributed by atoms with Crippen LogP contribution in [-0.4, -0.2) is 38.3 Å². The van der Waals surface area contributed by atoms with E-state index in [-0.39, 0.29) is 18.2 Å². The van der Waals surface area contributed by atoms with Gasteiger partial charge in [-0.3, -0.25) is 14.3 Å². The Bertz CT molecular complexity index is 963. The number of carboxylic acids is 1. The third-order valence-electron chi connectivity index (χ3n) is 4.12. The third-order valence-corrected chi connectivity index (χ3v) is 5.01. The molecule has 3 heterocycles. The van der Waals surface area contributed by atoms with E-state index in [1.54, 1.807) is 36.1 Å². The molecule has 0 bridgehead atoms. The van der Waals surface area contributed by atoms with Gasteiger partial charge in [-0.15, -0.1) is 11.3 Å².